The maximum absolute atomic E-state index is 11.8. The Morgan fingerprint density at radius 3 is 2.47 bits per heavy atom. The number of benzene rings is 1. The summed E-state index contributed by atoms with van der Waals surface area (Å²) in [7, 11) is 0. The molecule has 1 aliphatic carbocycles. The highest BCUT2D eigenvalue weighted by Crippen LogP contribution is 2.34. The SMILES string of the molecule is Cc1ccc(C(=O)NC2(CN)CC2)cc1. The fourth-order valence-corrected chi connectivity index (χ4v) is 1.55. The Kier molecular flexibility index (Phi) is 2.49. The minimum absolute atomic E-state index is 0.0158. The summed E-state index contributed by atoms with van der Waals surface area (Å²) in [6, 6.07) is 7.57. The molecular weight excluding hydrogens is 188 g/mol. The van der Waals surface area contributed by atoms with Crippen LogP contribution >= 0.6 is 0 Å². The van der Waals surface area contributed by atoms with Gasteiger partial charge in [0.1, 0.15) is 0 Å². The summed E-state index contributed by atoms with van der Waals surface area (Å²) >= 11 is 0. The van der Waals surface area contributed by atoms with E-state index >= 15 is 0 Å². The third-order valence-corrected chi connectivity index (χ3v) is 2.94. The van der Waals surface area contributed by atoms with E-state index in [1.807, 2.05) is 31.2 Å². The van der Waals surface area contributed by atoms with Gasteiger partial charge in [-0.3, -0.25) is 4.79 Å². The minimum atomic E-state index is -0.109. The molecular formula is C12H16N2O. The molecule has 1 aliphatic rings. The number of nitrogens with one attached hydrogen (secondary N) is 1. The highest BCUT2D eigenvalue weighted by Gasteiger charge is 2.42. The number of hydrogen-bond donors (Lipinski definition) is 2. The summed E-state index contributed by atoms with van der Waals surface area (Å²) < 4.78 is 0. The van der Waals surface area contributed by atoms with Crippen LogP contribution in [-0.4, -0.2) is 18.0 Å². The Morgan fingerprint density at radius 2 is 2.00 bits per heavy atom. The Balaban J connectivity index is 2.05. The van der Waals surface area contributed by atoms with Gasteiger partial charge in [-0.05, 0) is 31.9 Å². The second-order valence-corrected chi connectivity index (χ2v) is 4.30. The van der Waals surface area contributed by atoms with Crippen molar-refractivity contribution in [3.8, 4) is 0 Å². The molecule has 80 valence electrons. The molecule has 0 bridgehead atoms. The third kappa shape index (κ3) is 2.18. The third-order valence-electron chi connectivity index (χ3n) is 2.94. The molecule has 0 spiro atoms. The average Bonchev–Trinajstić information content (AvgIpc) is 2.99. The summed E-state index contributed by atoms with van der Waals surface area (Å²) in [6.45, 7) is 2.54. The van der Waals surface area contributed by atoms with Crippen molar-refractivity contribution in [1.29, 1.82) is 0 Å². The lowest BCUT2D eigenvalue weighted by Crippen LogP contribution is -2.42. The average molecular weight is 204 g/mol. The molecule has 0 aliphatic heterocycles. The van der Waals surface area contributed by atoms with Crippen molar-refractivity contribution in [1.82, 2.24) is 5.32 Å². The van der Waals surface area contributed by atoms with Gasteiger partial charge < -0.3 is 11.1 Å². The van der Waals surface area contributed by atoms with Crippen LogP contribution in [0.1, 0.15) is 28.8 Å². The molecule has 1 fully saturated rings. The first-order valence-corrected chi connectivity index (χ1v) is 5.24. The highest BCUT2D eigenvalue weighted by molar-refractivity contribution is 5.95. The van der Waals surface area contributed by atoms with Gasteiger partial charge in [-0.15, -0.1) is 0 Å². The van der Waals surface area contributed by atoms with E-state index < -0.39 is 0 Å². The summed E-state index contributed by atoms with van der Waals surface area (Å²) in [6.07, 6.45) is 2.00. The molecule has 0 heterocycles. The molecule has 1 aromatic rings. The van der Waals surface area contributed by atoms with Crippen molar-refractivity contribution in [2.75, 3.05) is 6.54 Å². The fourth-order valence-electron chi connectivity index (χ4n) is 1.55. The molecule has 0 radical (unpaired) electrons. The second kappa shape index (κ2) is 3.66. The van der Waals surface area contributed by atoms with Crippen LogP contribution in [-0.2, 0) is 0 Å². The van der Waals surface area contributed by atoms with E-state index in [0.29, 0.717) is 12.1 Å². The van der Waals surface area contributed by atoms with Crippen molar-refractivity contribution in [2.24, 2.45) is 5.73 Å². The lowest BCUT2D eigenvalue weighted by atomic mass is 10.1. The van der Waals surface area contributed by atoms with Crippen LogP contribution in [0.4, 0.5) is 0 Å². The van der Waals surface area contributed by atoms with E-state index in [0.717, 1.165) is 18.4 Å². The number of carbonyl (C=O) groups is 1. The maximum Gasteiger partial charge on any atom is 0.251 e. The first kappa shape index (κ1) is 10.2. The lowest BCUT2D eigenvalue weighted by Gasteiger charge is -2.14. The number of aryl methyl sites for hydroxylation is 1. The van der Waals surface area contributed by atoms with Gasteiger partial charge >= 0.3 is 0 Å². The zero-order valence-electron chi connectivity index (χ0n) is 8.92. The molecule has 1 amide bonds. The fraction of sp³-hybridized carbons (Fsp3) is 0.417. The van der Waals surface area contributed by atoms with Crippen LogP contribution in [0.5, 0.6) is 0 Å². The largest absolute Gasteiger partial charge is 0.345 e. The molecule has 3 nitrogen and oxygen atoms in total. The zero-order valence-corrected chi connectivity index (χ0v) is 8.92. The molecule has 3 N–H and O–H groups in total. The first-order valence-electron chi connectivity index (χ1n) is 5.24. The summed E-state index contributed by atoms with van der Waals surface area (Å²) in [5, 5.41) is 2.99. The summed E-state index contributed by atoms with van der Waals surface area (Å²) in [5.74, 6) is -0.0158. The molecule has 2 rings (SSSR count). The zero-order chi connectivity index (χ0) is 10.9. The standard InChI is InChI=1S/C12H16N2O/c1-9-2-4-10(5-3-9)11(15)14-12(8-13)6-7-12/h2-5H,6-8,13H2,1H3,(H,14,15). The smallest absolute Gasteiger partial charge is 0.251 e. The van der Waals surface area contributed by atoms with Gasteiger partial charge in [-0.25, -0.2) is 0 Å². The molecule has 0 unspecified atom stereocenters. The molecule has 1 saturated carbocycles. The van der Waals surface area contributed by atoms with Crippen molar-refractivity contribution in [3.63, 3.8) is 0 Å². The molecule has 3 heteroatoms. The predicted molar refractivity (Wildman–Crippen MR) is 59.7 cm³/mol. The van der Waals surface area contributed by atoms with Crippen LogP contribution in [0.3, 0.4) is 0 Å². The number of carbonyl (C=O) groups excluding carboxylic acids is 1. The van der Waals surface area contributed by atoms with Crippen molar-refractivity contribution in [3.05, 3.63) is 35.4 Å². The van der Waals surface area contributed by atoms with Crippen LogP contribution < -0.4 is 11.1 Å². The van der Waals surface area contributed by atoms with E-state index in [2.05, 4.69) is 5.32 Å². The number of rotatable bonds is 3. The van der Waals surface area contributed by atoms with Crippen LogP contribution in [0.15, 0.2) is 24.3 Å². The van der Waals surface area contributed by atoms with Crippen LogP contribution in [0.25, 0.3) is 0 Å². The first-order chi connectivity index (χ1) is 7.15. The van der Waals surface area contributed by atoms with Crippen molar-refractivity contribution in [2.45, 2.75) is 25.3 Å². The maximum atomic E-state index is 11.8. The Hall–Kier alpha value is -1.35. The van der Waals surface area contributed by atoms with Gasteiger partial charge in [0.05, 0.1) is 5.54 Å². The van der Waals surface area contributed by atoms with E-state index in [-0.39, 0.29) is 11.4 Å². The highest BCUT2D eigenvalue weighted by atomic mass is 16.1. The minimum Gasteiger partial charge on any atom is -0.345 e. The monoisotopic (exact) mass is 204 g/mol. The quantitative estimate of drug-likeness (QED) is 0.777. The van der Waals surface area contributed by atoms with Gasteiger partial charge in [-0.2, -0.15) is 0 Å². The summed E-state index contributed by atoms with van der Waals surface area (Å²) in [4.78, 5) is 11.8. The molecule has 0 aromatic heterocycles. The van der Waals surface area contributed by atoms with E-state index in [9.17, 15) is 4.79 Å². The molecule has 0 saturated heterocycles. The van der Waals surface area contributed by atoms with E-state index in [4.69, 9.17) is 5.73 Å². The number of amides is 1. The van der Waals surface area contributed by atoms with E-state index in [1.165, 1.54) is 0 Å². The summed E-state index contributed by atoms with van der Waals surface area (Å²) in [5.41, 5.74) is 7.36. The van der Waals surface area contributed by atoms with Gasteiger partial charge in [0, 0.05) is 12.1 Å². The number of nitrogens with two attached hydrogens (primary N) is 1. The van der Waals surface area contributed by atoms with Crippen molar-refractivity contribution >= 4 is 5.91 Å². The Morgan fingerprint density at radius 1 is 1.40 bits per heavy atom. The van der Waals surface area contributed by atoms with Gasteiger partial charge in [0.15, 0.2) is 0 Å². The normalized spacial score (nSPS) is 17.2. The number of hydrogen-bond acceptors (Lipinski definition) is 2. The van der Waals surface area contributed by atoms with Crippen molar-refractivity contribution < 1.29 is 4.79 Å². The lowest BCUT2D eigenvalue weighted by molar-refractivity contribution is 0.0933. The van der Waals surface area contributed by atoms with Crippen LogP contribution in [0.2, 0.25) is 0 Å². The Labute approximate surface area is 89.7 Å². The van der Waals surface area contributed by atoms with Gasteiger partial charge in [0.2, 0.25) is 0 Å². The molecule has 15 heavy (non-hydrogen) atoms. The van der Waals surface area contributed by atoms with Crippen LogP contribution in [0, 0.1) is 6.92 Å². The molecule has 1 aromatic carbocycles. The van der Waals surface area contributed by atoms with E-state index in [1.54, 1.807) is 0 Å². The van der Waals surface area contributed by atoms with Gasteiger partial charge in [0.25, 0.3) is 5.91 Å². The topological polar surface area (TPSA) is 55.1 Å². The predicted octanol–water partition coefficient (Wildman–Crippen LogP) is 1.22. The second-order valence-electron chi connectivity index (χ2n) is 4.30. The van der Waals surface area contributed by atoms with Gasteiger partial charge in [-0.1, -0.05) is 17.7 Å². The Bertz CT molecular complexity index is 366. The molecule has 0 atom stereocenters.